The second-order valence-corrected chi connectivity index (χ2v) is 6.07. The molecule has 2 aromatic rings. The summed E-state index contributed by atoms with van der Waals surface area (Å²) in [6, 6.07) is 7.06. The Hall–Kier alpha value is -2.24. The standard InChI is InChI=1S/C16H22N4O2/c1-4-10-16(2,3)17-14(21)9-11-20-15(22)12-7-5-6-8-13(12)18-19-20/h5-8H,4,9-11H2,1-3H3,(H,17,21). The van der Waals surface area contributed by atoms with Crippen molar-refractivity contribution in [3.05, 3.63) is 34.6 Å². The van der Waals surface area contributed by atoms with Crippen molar-refractivity contribution < 1.29 is 4.79 Å². The maximum atomic E-state index is 12.3. The summed E-state index contributed by atoms with van der Waals surface area (Å²) in [5, 5.41) is 11.4. The van der Waals surface area contributed by atoms with Gasteiger partial charge in [-0.05, 0) is 32.4 Å². The van der Waals surface area contributed by atoms with E-state index in [0.717, 1.165) is 12.8 Å². The highest BCUT2D eigenvalue weighted by Gasteiger charge is 2.19. The zero-order chi connectivity index (χ0) is 16.2. The van der Waals surface area contributed by atoms with Crippen molar-refractivity contribution >= 4 is 16.8 Å². The van der Waals surface area contributed by atoms with Gasteiger partial charge in [-0.3, -0.25) is 9.59 Å². The molecule has 1 heterocycles. The van der Waals surface area contributed by atoms with Gasteiger partial charge in [0.2, 0.25) is 5.91 Å². The van der Waals surface area contributed by atoms with Crippen LogP contribution < -0.4 is 10.9 Å². The summed E-state index contributed by atoms with van der Waals surface area (Å²) < 4.78 is 1.24. The first kappa shape index (κ1) is 16.1. The highest BCUT2D eigenvalue weighted by Crippen LogP contribution is 2.10. The molecule has 118 valence electrons. The molecule has 0 saturated carbocycles. The van der Waals surface area contributed by atoms with E-state index in [1.165, 1.54) is 4.68 Å². The number of hydrogen-bond acceptors (Lipinski definition) is 4. The number of carbonyl (C=O) groups excluding carboxylic acids is 1. The van der Waals surface area contributed by atoms with Gasteiger partial charge in [0.05, 0.1) is 11.9 Å². The van der Waals surface area contributed by atoms with Crippen molar-refractivity contribution in [2.24, 2.45) is 0 Å². The minimum Gasteiger partial charge on any atom is -0.351 e. The number of aromatic nitrogens is 3. The van der Waals surface area contributed by atoms with E-state index in [9.17, 15) is 9.59 Å². The minimum absolute atomic E-state index is 0.0830. The molecule has 0 aliphatic heterocycles. The van der Waals surface area contributed by atoms with Gasteiger partial charge >= 0.3 is 0 Å². The van der Waals surface area contributed by atoms with Gasteiger partial charge in [-0.25, -0.2) is 4.68 Å². The summed E-state index contributed by atoms with van der Waals surface area (Å²) >= 11 is 0. The van der Waals surface area contributed by atoms with Crippen LogP contribution in [0.3, 0.4) is 0 Å². The van der Waals surface area contributed by atoms with Crippen molar-refractivity contribution in [2.45, 2.75) is 52.1 Å². The zero-order valence-corrected chi connectivity index (χ0v) is 13.3. The Balaban J connectivity index is 2.04. The van der Waals surface area contributed by atoms with E-state index in [1.54, 1.807) is 18.2 Å². The largest absolute Gasteiger partial charge is 0.351 e. The molecule has 0 radical (unpaired) electrons. The summed E-state index contributed by atoms with van der Waals surface area (Å²) in [6.45, 7) is 6.30. The van der Waals surface area contributed by atoms with Gasteiger partial charge < -0.3 is 5.32 Å². The lowest BCUT2D eigenvalue weighted by Crippen LogP contribution is -2.43. The lowest BCUT2D eigenvalue weighted by Gasteiger charge is -2.25. The number of nitrogens with one attached hydrogen (secondary N) is 1. The molecule has 1 aromatic heterocycles. The number of nitrogens with zero attached hydrogens (tertiary/aromatic N) is 3. The zero-order valence-electron chi connectivity index (χ0n) is 13.3. The van der Waals surface area contributed by atoms with E-state index < -0.39 is 0 Å². The van der Waals surface area contributed by atoms with Gasteiger partial charge in [-0.1, -0.05) is 30.7 Å². The molecule has 1 N–H and O–H groups in total. The molecule has 0 unspecified atom stereocenters. The number of aryl methyl sites for hydroxylation is 1. The molecule has 2 rings (SSSR count). The number of hydrogen-bond donors (Lipinski definition) is 1. The van der Waals surface area contributed by atoms with Crippen LogP contribution in [0.1, 0.15) is 40.0 Å². The van der Waals surface area contributed by atoms with Crippen LogP contribution in [-0.4, -0.2) is 26.4 Å². The molecule has 0 fully saturated rings. The fraction of sp³-hybridized carbons (Fsp3) is 0.500. The average Bonchev–Trinajstić information content (AvgIpc) is 2.46. The van der Waals surface area contributed by atoms with Crippen LogP contribution in [0.5, 0.6) is 0 Å². The third-order valence-electron chi connectivity index (χ3n) is 3.53. The first-order chi connectivity index (χ1) is 10.4. The SMILES string of the molecule is CCCC(C)(C)NC(=O)CCn1nnc2ccccc2c1=O. The third kappa shape index (κ3) is 3.90. The number of amides is 1. The van der Waals surface area contributed by atoms with E-state index in [-0.39, 0.29) is 30.0 Å². The Morgan fingerprint density at radius 3 is 2.77 bits per heavy atom. The molecular formula is C16H22N4O2. The van der Waals surface area contributed by atoms with Gasteiger partial charge in [-0.15, -0.1) is 5.10 Å². The molecule has 1 aromatic carbocycles. The maximum Gasteiger partial charge on any atom is 0.277 e. The smallest absolute Gasteiger partial charge is 0.277 e. The van der Waals surface area contributed by atoms with Gasteiger partial charge in [0.15, 0.2) is 0 Å². The lowest BCUT2D eigenvalue weighted by molar-refractivity contribution is -0.123. The minimum atomic E-state index is -0.230. The van der Waals surface area contributed by atoms with Gasteiger partial charge in [-0.2, -0.15) is 0 Å². The van der Waals surface area contributed by atoms with Crippen molar-refractivity contribution in [2.75, 3.05) is 0 Å². The molecule has 22 heavy (non-hydrogen) atoms. The third-order valence-corrected chi connectivity index (χ3v) is 3.53. The van der Waals surface area contributed by atoms with Gasteiger partial charge in [0, 0.05) is 12.0 Å². The second kappa shape index (κ2) is 6.68. The van der Waals surface area contributed by atoms with E-state index >= 15 is 0 Å². The van der Waals surface area contributed by atoms with Crippen molar-refractivity contribution in [3.8, 4) is 0 Å². The number of carbonyl (C=O) groups is 1. The predicted octanol–water partition coefficient (Wildman–Crippen LogP) is 1.88. The molecule has 0 saturated heterocycles. The Labute approximate surface area is 129 Å². The summed E-state index contributed by atoms with van der Waals surface area (Å²) in [7, 11) is 0. The first-order valence-corrected chi connectivity index (χ1v) is 7.56. The predicted molar refractivity (Wildman–Crippen MR) is 85.5 cm³/mol. The van der Waals surface area contributed by atoms with E-state index in [4.69, 9.17) is 0 Å². The normalized spacial score (nSPS) is 11.6. The Morgan fingerprint density at radius 2 is 2.05 bits per heavy atom. The highest BCUT2D eigenvalue weighted by atomic mass is 16.2. The number of fused-ring (bicyclic) bond motifs is 1. The molecule has 0 bridgehead atoms. The van der Waals surface area contributed by atoms with Crippen molar-refractivity contribution in [1.82, 2.24) is 20.3 Å². The summed E-state index contributed by atoms with van der Waals surface area (Å²) in [6.07, 6.45) is 2.12. The quantitative estimate of drug-likeness (QED) is 0.884. The maximum absolute atomic E-state index is 12.3. The number of benzene rings is 1. The highest BCUT2D eigenvalue weighted by molar-refractivity contribution is 5.77. The molecule has 6 nitrogen and oxygen atoms in total. The molecule has 0 aliphatic carbocycles. The molecule has 6 heteroatoms. The van der Waals surface area contributed by atoms with Crippen LogP contribution in [0.25, 0.3) is 10.9 Å². The van der Waals surface area contributed by atoms with Crippen LogP contribution in [-0.2, 0) is 11.3 Å². The Bertz CT molecular complexity index is 721. The average molecular weight is 302 g/mol. The summed E-state index contributed by atoms with van der Waals surface area (Å²) in [4.78, 5) is 24.3. The fourth-order valence-corrected chi connectivity index (χ4v) is 2.50. The molecular weight excluding hydrogens is 280 g/mol. The van der Waals surface area contributed by atoms with E-state index in [1.807, 2.05) is 19.9 Å². The Morgan fingerprint density at radius 1 is 1.32 bits per heavy atom. The van der Waals surface area contributed by atoms with Crippen LogP contribution in [0.2, 0.25) is 0 Å². The molecule has 0 spiro atoms. The van der Waals surface area contributed by atoms with Crippen molar-refractivity contribution in [1.29, 1.82) is 0 Å². The van der Waals surface area contributed by atoms with E-state index in [0.29, 0.717) is 10.9 Å². The fourth-order valence-electron chi connectivity index (χ4n) is 2.50. The molecule has 1 amide bonds. The molecule has 0 atom stereocenters. The van der Waals surface area contributed by atoms with E-state index in [2.05, 4.69) is 22.6 Å². The monoisotopic (exact) mass is 302 g/mol. The van der Waals surface area contributed by atoms with Crippen molar-refractivity contribution in [3.63, 3.8) is 0 Å². The van der Waals surface area contributed by atoms with Crippen LogP contribution in [0.15, 0.2) is 29.1 Å². The van der Waals surface area contributed by atoms with Gasteiger partial charge in [0.1, 0.15) is 5.52 Å². The Kier molecular flexibility index (Phi) is 4.90. The first-order valence-electron chi connectivity index (χ1n) is 7.56. The number of rotatable bonds is 6. The lowest BCUT2D eigenvalue weighted by atomic mass is 9.99. The topological polar surface area (TPSA) is 76.9 Å². The van der Waals surface area contributed by atoms with Crippen LogP contribution in [0.4, 0.5) is 0 Å². The van der Waals surface area contributed by atoms with Gasteiger partial charge in [0.25, 0.3) is 5.56 Å². The van der Waals surface area contributed by atoms with Crippen LogP contribution in [0, 0.1) is 0 Å². The summed E-state index contributed by atoms with van der Waals surface area (Å²) in [5.41, 5.74) is 0.120. The second-order valence-electron chi connectivity index (χ2n) is 6.07. The van der Waals surface area contributed by atoms with Crippen LogP contribution >= 0.6 is 0 Å². The summed E-state index contributed by atoms with van der Waals surface area (Å²) in [5.74, 6) is -0.0830. The molecule has 0 aliphatic rings.